The Morgan fingerprint density at radius 1 is 1.17 bits per heavy atom. The van der Waals surface area contributed by atoms with Gasteiger partial charge < -0.3 is 10.1 Å². The van der Waals surface area contributed by atoms with Crippen LogP contribution in [0.25, 0.3) is 22.4 Å². The number of imidazole rings is 1. The van der Waals surface area contributed by atoms with Crippen LogP contribution in [0.2, 0.25) is 0 Å². The molecule has 30 heavy (non-hydrogen) atoms. The number of halogens is 3. The summed E-state index contributed by atoms with van der Waals surface area (Å²) in [7, 11) is -5.52. The molecule has 0 amide bonds. The molecule has 2 aromatic carbocycles. The van der Waals surface area contributed by atoms with Crippen LogP contribution in [0.4, 0.5) is 13.2 Å². The van der Waals surface area contributed by atoms with Gasteiger partial charge in [0.15, 0.2) is 0 Å². The van der Waals surface area contributed by atoms with Crippen molar-refractivity contribution in [2.24, 2.45) is 0 Å². The first kappa shape index (κ1) is 21.6. The molecule has 0 saturated heterocycles. The third kappa shape index (κ3) is 3.39. The summed E-state index contributed by atoms with van der Waals surface area (Å²) in [6.45, 7) is 7.19. The van der Waals surface area contributed by atoms with Gasteiger partial charge in [-0.25, -0.2) is 13.4 Å². The SMILES string of the molecule is Cc1c(C#N)cc(C(C)(C)C)c(O)c1-c1nc2cc(S(=O)(=O)C(F)(F)F)ccc2[nH]1. The summed E-state index contributed by atoms with van der Waals surface area (Å²) in [5, 5.41) is 20.4. The highest BCUT2D eigenvalue weighted by molar-refractivity contribution is 7.92. The molecule has 3 aromatic rings. The minimum absolute atomic E-state index is 0.0196. The van der Waals surface area contributed by atoms with E-state index in [0.29, 0.717) is 16.7 Å². The number of nitriles is 1. The Balaban J connectivity index is 2.28. The van der Waals surface area contributed by atoms with Crippen LogP contribution in [0.5, 0.6) is 5.75 Å². The molecule has 0 atom stereocenters. The molecule has 0 bridgehead atoms. The Kier molecular flexibility index (Phi) is 4.86. The van der Waals surface area contributed by atoms with Crippen molar-refractivity contribution >= 4 is 20.9 Å². The van der Waals surface area contributed by atoms with E-state index in [9.17, 15) is 32.0 Å². The van der Waals surface area contributed by atoms with E-state index in [4.69, 9.17) is 0 Å². The van der Waals surface area contributed by atoms with Crippen LogP contribution in [0.15, 0.2) is 29.2 Å². The molecule has 3 rings (SSSR count). The highest BCUT2D eigenvalue weighted by Gasteiger charge is 2.47. The van der Waals surface area contributed by atoms with Crippen molar-refractivity contribution in [2.45, 2.75) is 43.5 Å². The third-order valence-electron chi connectivity index (χ3n) is 4.79. The average Bonchev–Trinajstić information content (AvgIpc) is 3.02. The number of sulfone groups is 1. The molecule has 1 aromatic heterocycles. The minimum atomic E-state index is -5.52. The second-order valence-corrected chi connectivity index (χ2v) is 9.84. The maximum Gasteiger partial charge on any atom is 0.501 e. The van der Waals surface area contributed by atoms with Crippen molar-refractivity contribution in [1.29, 1.82) is 5.26 Å². The molecule has 0 unspecified atom stereocenters. The zero-order chi connectivity index (χ0) is 22.6. The Morgan fingerprint density at radius 2 is 1.80 bits per heavy atom. The van der Waals surface area contributed by atoms with Crippen molar-refractivity contribution in [3.63, 3.8) is 0 Å². The quantitative estimate of drug-likeness (QED) is 0.604. The lowest BCUT2D eigenvalue weighted by Crippen LogP contribution is -2.23. The Hall–Kier alpha value is -3.06. The van der Waals surface area contributed by atoms with Crippen molar-refractivity contribution < 1.29 is 26.7 Å². The van der Waals surface area contributed by atoms with Crippen molar-refractivity contribution in [3.8, 4) is 23.2 Å². The summed E-state index contributed by atoms with van der Waals surface area (Å²) in [5.41, 5.74) is -4.19. The Labute approximate surface area is 170 Å². The first-order valence-electron chi connectivity index (χ1n) is 8.77. The van der Waals surface area contributed by atoms with E-state index >= 15 is 0 Å². The van der Waals surface area contributed by atoms with Gasteiger partial charge in [-0.2, -0.15) is 18.4 Å². The molecular weight excluding hydrogens is 419 g/mol. The van der Waals surface area contributed by atoms with Crippen molar-refractivity contribution in [1.82, 2.24) is 9.97 Å². The lowest BCUT2D eigenvalue weighted by molar-refractivity contribution is -0.0435. The molecule has 0 aliphatic heterocycles. The van der Waals surface area contributed by atoms with Crippen LogP contribution in [0, 0.1) is 18.3 Å². The summed E-state index contributed by atoms with van der Waals surface area (Å²) >= 11 is 0. The van der Waals surface area contributed by atoms with Gasteiger partial charge in [0.1, 0.15) is 11.6 Å². The number of fused-ring (bicyclic) bond motifs is 1. The second kappa shape index (κ2) is 6.74. The molecular formula is C20H18F3N3O3S. The number of hydrogen-bond acceptors (Lipinski definition) is 5. The first-order chi connectivity index (χ1) is 13.7. The molecule has 0 aliphatic rings. The van der Waals surface area contributed by atoms with Gasteiger partial charge in [0, 0.05) is 5.56 Å². The number of aromatic amines is 1. The molecule has 6 nitrogen and oxygen atoms in total. The average molecular weight is 437 g/mol. The van der Waals surface area contributed by atoms with Crippen LogP contribution in [-0.2, 0) is 15.3 Å². The largest absolute Gasteiger partial charge is 0.507 e. The summed E-state index contributed by atoms with van der Waals surface area (Å²) in [4.78, 5) is 6.16. The van der Waals surface area contributed by atoms with Gasteiger partial charge in [-0.3, -0.25) is 0 Å². The summed E-state index contributed by atoms with van der Waals surface area (Å²) in [5.74, 6) is 0.00495. The molecule has 0 fully saturated rings. The fourth-order valence-corrected chi connectivity index (χ4v) is 3.93. The molecule has 0 radical (unpaired) electrons. The van der Waals surface area contributed by atoms with E-state index in [0.717, 1.165) is 12.1 Å². The lowest BCUT2D eigenvalue weighted by Gasteiger charge is -2.23. The molecule has 158 valence electrons. The Bertz CT molecular complexity index is 1310. The number of hydrogen-bond donors (Lipinski definition) is 2. The maximum absolute atomic E-state index is 12.9. The third-order valence-corrected chi connectivity index (χ3v) is 6.28. The smallest absolute Gasteiger partial charge is 0.501 e. The topological polar surface area (TPSA) is 107 Å². The number of rotatable bonds is 2. The van der Waals surface area contributed by atoms with Gasteiger partial charge in [0.25, 0.3) is 9.84 Å². The number of nitrogens with zero attached hydrogens (tertiary/aromatic N) is 2. The molecule has 1 heterocycles. The van der Waals surface area contributed by atoms with Crippen LogP contribution in [0.1, 0.15) is 37.5 Å². The van der Waals surface area contributed by atoms with E-state index in [2.05, 4.69) is 16.0 Å². The Morgan fingerprint density at radius 3 is 2.33 bits per heavy atom. The molecule has 0 saturated carbocycles. The number of benzene rings is 2. The molecule has 2 N–H and O–H groups in total. The van der Waals surface area contributed by atoms with Crippen molar-refractivity contribution in [2.75, 3.05) is 0 Å². The number of H-pyrrole nitrogens is 1. The van der Waals surface area contributed by atoms with Crippen LogP contribution in [0.3, 0.4) is 0 Å². The van der Waals surface area contributed by atoms with Gasteiger partial charge >= 0.3 is 5.51 Å². The zero-order valence-corrected chi connectivity index (χ0v) is 17.3. The maximum atomic E-state index is 12.9. The summed E-state index contributed by atoms with van der Waals surface area (Å²) in [6, 6.07) is 6.49. The predicted octanol–water partition coefficient (Wildman–Crippen LogP) is 4.71. The van der Waals surface area contributed by atoms with Gasteiger partial charge in [-0.05, 0) is 42.2 Å². The highest BCUT2D eigenvalue weighted by atomic mass is 32.2. The van der Waals surface area contributed by atoms with E-state index in [-0.39, 0.29) is 28.2 Å². The second-order valence-electron chi connectivity index (χ2n) is 7.90. The van der Waals surface area contributed by atoms with E-state index in [1.54, 1.807) is 13.0 Å². The van der Waals surface area contributed by atoms with Gasteiger partial charge in [0.05, 0.1) is 33.1 Å². The first-order valence-corrected chi connectivity index (χ1v) is 10.3. The van der Waals surface area contributed by atoms with E-state index in [1.165, 1.54) is 6.07 Å². The standard InChI is InChI=1S/C20H18F3N3O3S/c1-10-11(9-24)7-13(19(2,3)4)17(27)16(10)18-25-14-6-5-12(8-15(14)26-18)30(28,29)20(21,22)23/h5-8,27H,1-4H3,(H,25,26). The predicted molar refractivity (Wildman–Crippen MR) is 105 cm³/mol. The molecule has 10 heteroatoms. The minimum Gasteiger partial charge on any atom is -0.507 e. The fraction of sp³-hybridized carbons (Fsp3) is 0.300. The lowest BCUT2D eigenvalue weighted by atomic mass is 9.82. The fourth-order valence-electron chi connectivity index (χ4n) is 3.15. The normalized spacial score (nSPS) is 12.9. The summed E-state index contributed by atoms with van der Waals surface area (Å²) < 4.78 is 61.9. The number of alkyl halides is 3. The summed E-state index contributed by atoms with van der Waals surface area (Å²) in [6.07, 6.45) is 0. The van der Waals surface area contributed by atoms with Gasteiger partial charge in [-0.15, -0.1) is 0 Å². The van der Waals surface area contributed by atoms with Crippen LogP contribution in [-0.4, -0.2) is 29.0 Å². The number of aromatic nitrogens is 2. The number of phenolic OH excluding ortho intramolecular Hbond substituents is 1. The number of aromatic hydroxyl groups is 1. The number of nitrogens with one attached hydrogen (secondary N) is 1. The van der Waals surface area contributed by atoms with Gasteiger partial charge in [-0.1, -0.05) is 20.8 Å². The molecule has 0 spiro atoms. The molecule has 0 aliphatic carbocycles. The van der Waals surface area contributed by atoms with E-state index in [1.807, 2.05) is 20.8 Å². The van der Waals surface area contributed by atoms with Crippen LogP contribution >= 0.6 is 0 Å². The monoisotopic (exact) mass is 437 g/mol. The zero-order valence-electron chi connectivity index (χ0n) is 16.5. The van der Waals surface area contributed by atoms with Gasteiger partial charge in [0.2, 0.25) is 0 Å². The highest BCUT2D eigenvalue weighted by Crippen LogP contribution is 2.42. The number of phenols is 1. The van der Waals surface area contributed by atoms with Crippen molar-refractivity contribution in [3.05, 3.63) is 41.0 Å². The van der Waals surface area contributed by atoms with E-state index < -0.39 is 25.7 Å². The van der Waals surface area contributed by atoms with Crippen LogP contribution < -0.4 is 0 Å².